The van der Waals surface area contributed by atoms with E-state index in [0.29, 0.717) is 0 Å². The Hall–Kier alpha value is -3.73. The van der Waals surface area contributed by atoms with Gasteiger partial charge in [0, 0.05) is 28.6 Å². The van der Waals surface area contributed by atoms with Crippen LogP contribution in [0, 0.1) is 5.41 Å². The van der Waals surface area contributed by atoms with Gasteiger partial charge in [-0.15, -0.1) is 0 Å². The number of benzene rings is 4. The number of ether oxygens (including phenoxy) is 2. The van der Waals surface area contributed by atoms with Gasteiger partial charge in [-0.2, -0.15) is 0 Å². The molecule has 0 unspecified atom stereocenters. The van der Waals surface area contributed by atoms with Crippen LogP contribution < -0.4 is 19.7 Å². The molecule has 2 N–H and O–H groups in total. The minimum Gasteiger partial charge on any atom is -0.496 e. The lowest BCUT2D eigenvalue weighted by atomic mass is 10.0. The third-order valence-electron chi connectivity index (χ3n) is 5.10. The maximum atomic E-state index is 8.67. The molecule has 5 heteroatoms. The van der Waals surface area contributed by atoms with Crippen LogP contribution in [0.4, 0.5) is 11.4 Å². The van der Waals surface area contributed by atoms with E-state index >= 15 is 0 Å². The Kier molecular flexibility index (Phi) is 4.96. The van der Waals surface area contributed by atoms with Gasteiger partial charge >= 0.3 is 0 Å². The van der Waals surface area contributed by atoms with Gasteiger partial charge in [0.05, 0.1) is 25.6 Å². The zero-order chi connectivity index (χ0) is 20.4. The van der Waals surface area contributed by atoms with E-state index in [0.717, 1.165) is 44.4 Å². The van der Waals surface area contributed by atoms with E-state index in [2.05, 4.69) is 17.4 Å². The summed E-state index contributed by atoms with van der Waals surface area (Å²) in [6, 6.07) is 24.0. The lowest BCUT2D eigenvalue weighted by Gasteiger charge is -2.28. The zero-order valence-electron chi connectivity index (χ0n) is 16.7. The van der Waals surface area contributed by atoms with Crippen LogP contribution in [0.1, 0.15) is 0 Å². The molecule has 4 aromatic rings. The van der Waals surface area contributed by atoms with Crippen molar-refractivity contribution in [1.82, 2.24) is 5.32 Å². The molecule has 0 spiro atoms. The van der Waals surface area contributed by atoms with Crippen LogP contribution in [0.15, 0.2) is 72.8 Å². The van der Waals surface area contributed by atoms with Crippen molar-refractivity contribution in [2.75, 3.05) is 26.2 Å². The van der Waals surface area contributed by atoms with E-state index in [4.69, 9.17) is 14.9 Å². The average molecular weight is 385 g/mol. The van der Waals surface area contributed by atoms with E-state index in [-0.39, 0.29) is 5.96 Å². The molecule has 146 valence electrons. The smallest absolute Gasteiger partial charge is 0.200 e. The first kappa shape index (κ1) is 18.6. The van der Waals surface area contributed by atoms with Crippen molar-refractivity contribution in [1.29, 1.82) is 5.41 Å². The Balaban J connectivity index is 2.03. The molecule has 0 aliphatic heterocycles. The molecule has 0 bridgehead atoms. The quantitative estimate of drug-likeness (QED) is 0.370. The predicted molar refractivity (Wildman–Crippen MR) is 120 cm³/mol. The monoisotopic (exact) mass is 385 g/mol. The van der Waals surface area contributed by atoms with E-state index in [1.54, 1.807) is 21.3 Å². The van der Waals surface area contributed by atoms with Gasteiger partial charge in [-0.1, -0.05) is 48.5 Å². The fourth-order valence-electron chi connectivity index (χ4n) is 3.74. The van der Waals surface area contributed by atoms with Crippen LogP contribution >= 0.6 is 0 Å². The van der Waals surface area contributed by atoms with Crippen LogP contribution in [0.25, 0.3) is 21.5 Å². The van der Waals surface area contributed by atoms with Crippen molar-refractivity contribution >= 4 is 38.9 Å². The molecule has 0 saturated heterocycles. The van der Waals surface area contributed by atoms with Crippen LogP contribution in [0.3, 0.4) is 0 Å². The highest BCUT2D eigenvalue weighted by Gasteiger charge is 2.21. The molecule has 0 radical (unpaired) electrons. The largest absolute Gasteiger partial charge is 0.496 e. The Labute approximate surface area is 170 Å². The van der Waals surface area contributed by atoms with E-state index in [9.17, 15) is 0 Å². The predicted octanol–water partition coefficient (Wildman–Crippen LogP) is 5.30. The molecule has 5 nitrogen and oxygen atoms in total. The maximum absolute atomic E-state index is 8.67. The van der Waals surface area contributed by atoms with Gasteiger partial charge in [0.25, 0.3) is 0 Å². The van der Waals surface area contributed by atoms with Gasteiger partial charge in [0.2, 0.25) is 0 Å². The average Bonchev–Trinajstić information content (AvgIpc) is 2.79. The summed E-state index contributed by atoms with van der Waals surface area (Å²) in [5.41, 5.74) is 1.80. The van der Waals surface area contributed by atoms with Crippen molar-refractivity contribution in [3.8, 4) is 11.5 Å². The fraction of sp³-hybridized carbons (Fsp3) is 0.125. The number of anilines is 2. The topological polar surface area (TPSA) is 57.6 Å². The minimum absolute atomic E-state index is 0.274. The first-order valence-corrected chi connectivity index (χ1v) is 9.37. The van der Waals surface area contributed by atoms with Crippen LogP contribution in [-0.4, -0.2) is 27.2 Å². The second-order valence-corrected chi connectivity index (χ2v) is 6.60. The third-order valence-corrected chi connectivity index (χ3v) is 5.10. The van der Waals surface area contributed by atoms with Crippen molar-refractivity contribution in [2.24, 2.45) is 0 Å². The number of guanidine groups is 1. The molecule has 0 heterocycles. The number of hydrogen-bond acceptors (Lipinski definition) is 3. The van der Waals surface area contributed by atoms with Crippen molar-refractivity contribution < 1.29 is 9.47 Å². The summed E-state index contributed by atoms with van der Waals surface area (Å²) in [6.07, 6.45) is 0. The van der Waals surface area contributed by atoms with Crippen molar-refractivity contribution in [3.05, 3.63) is 72.8 Å². The number of fused-ring (bicyclic) bond motifs is 2. The Morgan fingerprint density at radius 2 is 1.10 bits per heavy atom. The van der Waals surface area contributed by atoms with Crippen LogP contribution in [0.2, 0.25) is 0 Å². The fourth-order valence-corrected chi connectivity index (χ4v) is 3.74. The standard InChI is InChI=1S/C24H23N3O2/c1-26-24(25)27(20-12-14-22(28-2)18-10-6-4-8-16(18)20)21-13-15-23(29-3)19-11-7-5-9-17(19)21/h4-15H,1-3H3,(H2,25,26). The molecular weight excluding hydrogens is 362 g/mol. The molecule has 29 heavy (non-hydrogen) atoms. The normalized spacial score (nSPS) is 10.7. The highest BCUT2D eigenvalue weighted by atomic mass is 16.5. The van der Waals surface area contributed by atoms with Gasteiger partial charge in [-0.25, -0.2) is 0 Å². The summed E-state index contributed by atoms with van der Waals surface area (Å²) in [6.45, 7) is 0. The summed E-state index contributed by atoms with van der Waals surface area (Å²) in [7, 11) is 5.10. The Bertz CT molecular complexity index is 1120. The number of methoxy groups -OCH3 is 2. The van der Waals surface area contributed by atoms with Crippen LogP contribution in [0.5, 0.6) is 11.5 Å². The number of hydrogen-bond donors (Lipinski definition) is 2. The van der Waals surface area contributed by atoms with Crippen LogP contribution in [-0.2, 0) is 0 Å². The first-order chi connectivity index (χ1) is 14.2. The van der Waals surface area contributed by atoms with E-state index in [1.165, 1.54) is 0 Å². The molecule has 0 fully saturated rings. The summed E-state index contributed by atoms with van der Waals surface area (Å²) in [5.74, 6) is 1.88. The third kappa shape index (κ3) is 3.10. The lowest BCUT2D eigenvalue weighted by molar-refractivity contribution is 0.420. The molecule has 0 saturated carbocycles. The maximum Gasteiger partial charge on any atom is 0.200 e. The number of nitrogens with one attached hydrogen (secondary N) is 2. The van der Waals surface area contributed by atoms with E-state index < -0.39 is 0 Å². The zero-order valence-corrected chi connectivity index (χ0v) is 16.7. The number of rotatable bonds is 4. The van der Waals surface area contributed by atoms with Gasteiger partial charge in [0.1, 0.15) is 11.5 Å². The van der Waals surface area contributed by atoms with E-state index in [1.807, 2.05) is 65.6 Å². The molecule has 4 rings (SSSR count). The second kappa shape index (κ2) is 7.72. The minimum atomic E-state index is 0.274. The highest BCUT2D eigenvalue weighted by Crippen LogP contribution is 2.41. The SMILES string of the molecule is CNC(=N)N(c1ccc(OC)c2ccccc12)c1ccc(OC)c2ccccc12. The summed E-state index contributed by atoms with van der Waals surface area (Å²) in [4.78, 5) is 1.92. The first-order valence-electron chi connectivity index (χ1n) is 9.37. The van der Waals surface area contributed by atoms with Gasteiger partial charge in [0.15, 0.2) is 5.96 Å². The summed E-state index contributed by atoms with van der Waals surface area (Å²) < 4.78 is 11.1. The summed E-state index contributed by atoms with van der Waals surface area (Å²) in [5, 5.41) is 15.7. The molecule has 4 aromatic carbocycles. The Morgan fingerprint density at radius 3 is 1.48 bits per heavy atom. The molecular formula is C24H23N3O2. The van der Waals surface area contributed by atoms with Gasteiger partial charge in [-0.3, -0.25) is 10.3 Å². The molecule has 0 amide bonds. The van der Waals surface area contributed by atoms with Crippen molar-refractivity contribution in [3.63, 3.8) is 0 Å². The van der Waals surface area contributed by atoms with Gasteiger partial charge < -0.3 is 14.8 Å². The molecule has 0 aliphatic carbocycles. The molecule has 0 atom stereocenters. The van der Waals surface area contributed by atoms with Crippen molar-refractivity contribution in [2.45, 2.75) is 0 Å². The lowest BCUT2D eigenvalue weighted by Crippen LogP contribution is -2.35. The second-order valence-electron chi connectivity index (χ2n) is 6.60. The highest BCUT2D eigenvalue weighted by molar-refractivity contribution is 6.14. The molecule has 0 aliphatic rings. The number of nitrogens with zero attached hydrogens (tertiary/aromatic N) is 1. The molecule has 0 aromatic heterocycles. The van der Waals surface area contributed by atoms with Gasteiger partial charge in [-0.05, 0) is 24.3 Å². The Morgan fingerprint density at radius 1 is 0.690 bits per heavy atom. The summed E-state index contributed by atoms with van der Waals surface area (Å²) >= 11 is 0.